The summed E-state index contributed by atoms with van der Waals surface area (Å²) in [6.07, 6.45) is 2.73. The normalized spacial score (nSPS) is 21.6. The molecule has 0 aliphatic carbocycles. The van der Waals surface area contributed by atoms with Crippen LogP contribution in [0.2, 0.25) is 0 Å². The Morgan fingerprint density at radius 2 is 2.19 bits per heavy atom. The van der Waals surface area contributed by atoms with Crippen LogP contribution in [0.5, 0.6) is 0 Å². The predicted molar refractivity (Wildman–Crippen MR) is 61.1 cm³/mol. The van der Waals surface area contributed by atoms with Gasteiger partial charge in [-0.15, -0.1) is 0 Å². The van der Waals surface area contributed by atoms with Crippen LogP contribution in [0.25, 0.3) is 0 Å². The van der Waals surface area contributed by atoms with E-state index in [-0.39, 0.29) is 12.0 Å². The predicted octanol–water partition coefficient (Wildman–Crippen LogP) is 0.0355. The van der Waals surface area contributed by atoms with E-state index < -0.39 is 5.54 Å². The van der Waals surface area contributed by atoms with E-state index in [1.54, 1.807) is 14.0 Å². The van der Waals surface area contributed by atoms with Crippen molar-refractivity contribution in [2.75, 3.05) is 26.9 Å². The Bertz CT molecular complexity index is 229. The van der Waals surface area contributed by atoms with Crippen LogP contribution in [0.4, 0.5) is 0 Å². The van der Waals surface area contributed by atoms with Crippen molar-refractivity contribution in [2.24, 2.45) is 5.73 Å². The molecule has 1 rings (SSSR count). The molecular formula is C11H22N2O3. The molecule has 0 saturated carbocycles. The monoisotopic (exact) mass is 230 g/mol. The second kappa shape index (κ2) is 6.18. The molecule has 1 saturated heterocycles. The van der Waals surface area contributed by atoms with Crippen molar-refractivity contribution in [3.05, 3.63) is 0 Å². The van der Waals surface area contributed by atoms with Gasteiger partial charge in [-0.1, -0.05) is 0 Å². The highest BCUT2D eigenvalue weighted by atomic mass is 16.5. The smallest absolute Gasteiger partial charge is 0.237 e. The van der Waals surface area contributed by atoms with Crippen LogP contribution in [0.1, 0.15) is 26.2 Å². The van der Waals surface area contributed by atoms with E-state index >= 15 is 0 Å². The van der Waals surface area contributed by atoms with Crippen LogP contribution in [-0.2, 0) is 14.3 Å². The summed E-state index contributed by atoms with van der Waals surface area (Å²) in [5, 5.41) is 2.94. The first-order valence-corrected chi connectivity index (χ1v) is 5.76. The van der Waals surface area contributed by atoms with Crippen molar-refractivity contribution in [1.29, 1.82) is 0 Å². The Labute approximate surface area is 96.7 Å². The van der Waals surface area contributed by atoms with Gasteiger partial charge in [-0.05, 0) is 33.2 Å². The Morgan fingerprint density at radius 1 is 1.56 bits per heavy atom. The van der Waals surface area contributed by atoms with E-state index in [2.05, 4.69) is 5.32 Å². The average molecular weight is 230 g/mol. The molecule has 1 amide bonds. The van der Waals surface area contributed by atoms with E-state index in [4.69, 9.17) is 15.2 Å². The van der Waals surface area contributed by atoms with Crippen LogP contribution >= 0.6 is 0 Å². The number of carbonyl (C=O) groups is 1. The Hall–Kier alpha value is -0.650. The maximum atomic E-state index is 11.2. The first kappa shape index (κ1) is 13.4. The molecule has 0 radical (unpaired) electrons. The minimum atomic E-state index is -0.675. The quantitative estimate of drug-likeness (QED) is 0.675. The molecule has 94 valence electrons. The Morgan fingerprint density at radius 3 is 2.69 bits per heavy atom. The Balaban J connectivity index is 2.25. The van der Waals surface area contributed by atoms with E-state index in [1.165, 1.54) is 0 Å². The number of likely N-dealkylation sites (N-methyl/N-ethyl adjacent to an activating group) is 1. The number of ether oxygens (including phenoxy) is 2. The average Bonchev–Trinajstić information content (AvgIpc) is 2.30. The number of carbonyl (C=O) groups excluding carboxylic acids is 1. The lowest BCUT2D eigenvalue weighted by Gasteiger charge is -2.27. The number of primary amides is 1. The second-order valence-electron chi connectivity index (χ2n) is 4.38. The van der Waals surface area contributed by atoms with Gasteiger partial charge in [0.25, 0.3) is 0 Å². The molecule has 5 heteroatoms. The third-order valence-electron chi connectivity index (χ3n) is 3.22. The maximum Gasteiger partial charge on any atom is 0.237 e. The lowest BCUT2D eigenvalue weighted by Crippen LogP contribution is -2.52. The summed E-state index contributed by atoms with van der Waals surface area (Å²) in [5.41, 5.74) is 4.65. The van der Waals surface area contributed by atoms with E-state index in [0.29, 0.717) is 13.0 Å². The molecule has 16 heavy (non-hydrogen) atoms. The van der Waals surface area contributed by atoms with E-state index in [1.807, 2.05) is 0 Å². The van der Waals surface area contributed by atoms with Crippen molar-refractivity contribution in [1.82, 2.24) is 5.32 Å². The van der Waals surface area contributed by atoms with Crippen LogP contribution in [0, 0.1) is 0 Å². The van der Waals surface area contributed by atoms with Crippen molar-refractivity contribution in [3.8, 4) is 0 Å². The minimum Gasteiger partial charge on any atom is -0.381 e. The van der Waals surface area contributed by atoms with E-state index in [9.17, 15) is 4.79 Å². The zero-order chi connectivity index (χ0) is 12.0. The fourth-order valence-electron chi connectivity index (χ4n) is 1.64. The molecule has 0 bridgehead atoms. The molecular weight excluding hydrogens is 208 g/mol. The van der Waals surface area contributed by atoms with Gasteiger partial charge in [-0.2, -0.15) is 0 Å². The van der Waals surface area contributed by atoms with Gasteiger partial charge in [0.15, 0.2) is 0 Å². The number of nitrogens with two attached hydrogens (primary N) is 1. The van der Waals surface area contributed by atoms with E-state index in [0.717, 1.165) is 26.1 Å². The highest BCUT2D eigenvalue weighted by molar-refractivity contribution is 5.84. The third-order valence-corrected chi connectivity index (χ3v) is 3.22. The summed E-state index contributed by atoms with van der Waals surface area (Å²) in [7, 11) is 1.74. The number of hydrogen-bond acceptors (Lipinski definition) is 4. The maximum absolute atomic E-state index is 11.2. The molecule has 0 aromatic rings. The molecule has 5 nitrogen and oxygen atoms in total. The number of amides is 1. The standard InChI is InChI=1S/C11H22N2O3/c1-11(13-2,10(12)14)5-8-16-9-3-6-15-7-4-9/h9,13H,3-8H2,1-2H3,(H2,12,14). The first-order chi connectivity index (χ1) is 7.58. The van der Waals surface area contributed by atoms with Gasteiger partial charge in [-0.25, -0.2) is 0 Å². The molecule has 1 fully saturated rings. The first-order valence-electron chi connectivity index (χ1n) is 5.76. The summed E-state index contributed by atoms with van der Waals surface area (Å²) >= 11 is 0. The van der Waals surface area contributed by atoms with Crippen LogP contribution < -0.4 is 11.1 Å². The van der Waals surface area contributed by atoms with Gasteiger partial charge >= 0.3 is 0 Å². The topological polar surface area (TPSA) is 73.6 Å². The highest BCUT2D eigenvalue weighted by Crippen LogP contribution is 2.14. The van der Waals surface area contributed by atoms with Crippen molar-refractivity contribution >= 4 is 5.91 Å². The SMILES string of the molecule is CNC(C)(CCOC1CCOCC1)C(N)=O. The fraction of sp³-hybridized carbons (Fsp3) is 0.909. The fourth-order valence-corrected chi connectivity index (χ4v) is 1.64. The molecule has 1 aliphatic heterocycles. The zero-order valence-corrected chi connectivity index (χ0v) is 10.1. The van der Waals surface area contributed by atoms with Crippen LogP contribution in [0.15, 0.2) is 0 Å². The summed E-state index contributed by atoms with van der Waals surface area (Å²) in [5.74, 6) is -0.342. The van der Waals surface area contributed by atoms with Crippen LogP contribution in [-0.4, -0.2) is 44.4 Å². The van der Waals surface area contributed by atoms with Gasteiger partial charge < -0.3 is 20.5 Å². The number of rotatable bonds is 6. The summed E-state index contributed by atoms with van der Waals surface area (Å²) in [6, 6.07) is 0. The highest BCUT2D eigenvalue weighted by Gasteiger charge is 2.29. The zero-order valence-electron chi connectivity index (χ0n) is 10.1. The molecule has 1 aliphatic rings. The molecule has 1 atom stereocenters. The third kappa shape index (κ3) is 3.73. The number of hydrogen-bond donors (Lipinski definition) is 2. The largest absolute Gasteiger partial charge is 0.381 e. The van der Waals surface area contributed by atoms with Crippen molar-refractivity contribution < 1.29 is 14.3 Å². The minimum absolute atomic E-state index is 0.266. The van der Waals surface area contributed by atoms with Crippen molar-refractivity contribution in [2.45, 2.75) is 37.8 Å². The number of nitrogens with one attached hydrogen (secondary N) is 1. The van der Waals surface area contributed by atoms with Gasteiger partial charge in [-0.3, -0.25) is 4.79 Å². The van der Waals surface area contributed by atoms with Gasteiger partial charge in [0.2, 0.25) is 5.91 Å². The Kier molecular flexibility index (Phi) is 5.18. The lowest BCUT2D eigenvalue weighted by molar-refractivity contribution is -0.125. The van der Waals surface area contributed by atoms with Gasteiger partial charge in [0.05, 0.1) is 11.6 Å². The molecule has 1 heterocycles. The van der Waals surface area contributed by atoms with Gasteiger partial charge in [0, 0.05) is 19.8 Å². The summed E-state index contributed by atoms with van der Waals surface area (Å²) in [4.78, 5) is 11.2. The summed E-state index contributed by atoms with van der Waals surface area (Å²) in [6.45, 7) is 3.88. The summed E-state index contributed by atoms with van der Waals surface area (Å²) < 4.78 is 10.9. The molecule has 0 aromatic carbocycles. The van der Waals surface area contributed by atoms with Gasteiger partial charge in [0.1, 0.15) is 0 Å². The van der Waals surface area contributed by atoms with Crippen LogP contribution in [0.3, 0.4) is 0 Å². The van der Waals surface area contributed by atoms with Crippen molar-refractivity contribution in [3.63, 3.8) is 0 Å². The lowest BCUT2D eigenvalue weighted by atomic mass is 9.98. The molecule has 3 N–H and O–H groups in total. The second-order valence-corrected chi connectivity index (χ2v) is 4.38. The molecule has 0 aromatic heterocycles. The molecule has 0 spiro atoms. The molecule has 1 unspecified atom stereocenters.